The molecule has 0 aliphatic carbocycles. The van der Waals surface area contributed by atoms with Gasteiger partial charge in [-0.05, 0) is 57.3 Å². The number of thiazole rings is 1. The van der Waals surface area contributed by atoms with Crippen molar-refractivity contribution in [3.05, 3.63) is 29.3 Å². The molecule has 2 aromatic rings. The van der Waals surface area contributed by atoms with E-state index < -0.39 is 0 Å². The molecule has 22 heavy (non-hydrogen) atoms. The normalized spacial score (nSPS) is 16.0. The van der Waals surface area contributed by atoms with Crippen molar-refractivity contribution in [3.63, 3.8) is 0 Å². The Labute approximate surface area is 135 Å². The van der Waals surface area contributed by atoms with Gasteiger partial charge in [0.2, 0.25) is 5.91 Å². The maximum atomic E-state index is 11.9. The monoisotopic (exact) mass is 317 g/mol. The molecule has 1 aromatic carbocycles. The summed E-state index contributed by atoms with van der Waals surface area (Å²) < 4.78 is 1.25. The van der Waals surface area contributed by atoms with Crippen LogP contribution >= 0.6 is 11.3 Å². The second-order valence-electron chi connectivity index (χ2n) is 5.87. The molecule has 118 valence electrons. The predicted molar refractivity (Wildman–Crippen MR) is 91.2 cm³/mol. The van der Waals surface area contributed by atoms with Crippen LogP contribution in [0.3, 0.4) is 0 Å². The van der Waals surface area contributed by atoms with Gasteiger partial charge >= 0.3 is 0 Å². The third kappa shape index (κ3) is 4.27. The van der Waals surface area contributed by atoms with E-state index >= 15 is 0 Å². The second kappa shape index (κ2) is 7.70. The van der Waals surface area contributed by atoms with Gasteiger partial charge in [0.15, 0.2) is 0 Å². The van der Waals surface area contributed by atoms with Gasteiger partial charge in [-0.15, -0.1) is 11.3 Å². The van der Waals surface area contributed by atoms with Crippen LogP contribution in [-0.2, 0) is 11.2 Å². The third-order valence-corrected chi connectivity index (χ3v) is 5.18. The van der Waals surface area contributed by atoms with Crippen LogP contribution in [0.25, 0.3) is 10.2 Å². The minimum absolute atomic E-state index is 0.205. The largest absolute Gasteiger partial charge is 0.353 e. The van der Waals surface area contributed by atoms with Gasteiger partial charge in [-0.3, -0.25) is 4.79 Å². The minimum Gasteiger partial charge on any atom is -0.353 e. The highest BCUT2D eigenvalue weighted by Gasteiger charge is 2.14. The Bertz CT molecular complexity index is 586. The van der Waals surface area contributed by atoms with Crippen molar-refractivity contribution in [2.24, 2.45) is 0 Å². The van der Waals surface area contributed by atoms with E-state index in [0.29, 0.717) is 12.5 Å². The molecule has 5 heteroatoms. The molecule has 0 bridgehead atoms. The lowest BCUT2D eigenvalue weighted by atomic mass is 10.1. The topological polar surface area (TPSA) is 54.0 Å². The van der Waals surface area contributed by atoms with Gasteiger partial charge in [-0.1, -0.05) is 12.1 Å². The van der Waals surface area contributed by atoms with Crippen LogP contribution in [0.15, 0.2) is 24.3 Å². The molecule has 1 aromatic heterocycles. The zero-order chi connectivity index (χ0) is 15.2. The minimum atomic E-state index is 0.205. The van der Waals surface area contributed by atoms with Crippen LogP contribution < -0.4 is 10.6 Å². The maximum Gasteiger partial charge on any atom is 0.220 e. The van der Waals surface area contributed by atoms with Crippen molar-refractivity contribution in [3.8, 4) is 0 Å². The summed E-state index contributed by atoms with van der Waals surface area (Å²) in [6.45, 7) is 2.03. The first kappa shape index (κ1) is 15.4. The van der Waals surface area contributed by atoms with Gasteiger partial charge in [0.25, 0.3) is 0 Å². The number of rotatable bonds is 6. The van der Waals surface area contributed by atoms with E-state index in [1.807, 2.05) is 6.07 Å². The Hall–Kier alpha value is -1.46. The molecule has 1 amide bonds. The predicted octanol–water partition coefficient (Wildman–Crippen LogP) is 2.88. The molecule has 0 atom stereocenters. The second-order valence-corrected chi connectivity index (χ2v) is 6.99. The van der Waals surface area contributed by atoms with Gasteiger partial charge in [-0.2, -0.15) is 0 Å². The molecular weight excluding hydrogens is 294 g/mol. The Morgan fingerprint density at radius 2 is 2.09 bits per heavy atom. The zero-order valence-electron chi connectivity index (χ0n) is 12.8. The lowest BCUT2D eigenvalue weighted by Gasteiger charge is -2.23. The highest BCUT2D eigenvalue weighted by molar-refractivity contribution is 7.18. The molecule has 3 rings (SSSR count). The number of fused-ring (bicyclic) bond motifs is 1. The molecule has 1 aliphatic rings. The Morgan fingerprint density at radius 1 is 1.27 bits per heavy atom. The molecule has 0 unspecified atom stereocenters. The van der Waals surface area contributed by atoms with Gasteiger partial charge in [-0.25, -0.2) is 4.98 Å². The van der Waals surface area contributed by atoms with Crippen LogP contribution in [0.5, 0.6) is 0 Å². The number of nitrogens with zero attached hydrogens (tertiary/aromatic N) is 1. The summed E-state index contributed by atoms with van der Waals surface area (Å²) in [6, 6.07) is 8.62. The summed E-state index contributed by atoms with van der Waals surface area (Å²) >= 11 is 1.77. The number of carbonyl (C=O) groups is 1. The summed E-state index contributed by atoms with van der Waals surface area (Å²) in [5.74, 6) is 0.205. The number of aromatic nitrogens is 1. The third-order valence-electron chi connectivity index (χ3n) is 4.09. The molecule has 0 radical (unpaired) electrons. The van der Waals surface area contributed by atoms with Crippen LogP contribution in [0.2, 0.25) is 0 Å². The van der Waals surface area contributed by atoms with E-state index in [4.69, 9.17) is 0 Å². The van der Waals surface area contributed by atoms with Crippen molar-refractivity contribution >= 4 is 27.5 Å². The van der Waals surface area contributed by atoms with Crippen LogP contribution in [0, 0.1) is 0 Å². The fraction of sp³-hybridized carbons (Fsp3) is 0.529. The van der Waals surface area contributed by atoms with Gasteiger partial charge in [0, 0.05) is 12.5 Å². The van der Waals surface area contributed by atoms with Crippen molar-refractivity contribution < 1.29 is 4.79 Å². The summed E-state index contributed by atoms with van der Waals surface area (Å²) in [6.07, 6.45) is 5.68. The van der Waals surface area contributed by atoms with Crippen molar-refractivity contribution in [2.45, 2.75) is 44.6 Å². The Morgan fingerprint density at radius 3 is 2.91 bits per heavy atom. The van der Waals surface area contributed by atoms with Crippen molar-refractivity contribution in [1.29, 1.82) is 0 Å². The molecule has 4 nitrogen and oxygen atoms in total. The Kier molecular flexibility index (Phi) is 5.40. The van der Waals surface area contributed by atoms with E-state index in [1.165, 1.54) is 9.71 Å². The van der Waals surface area contributed by atoms with Crippen LogP contribution in [0.4, 0.5) is 0 Å². The lowest BCUT2D eigenvalue weighted by molar-refractivity contribution is -0.122. The van der Waals surface area contributed by atoms with Crippen molar-refractivity contribution in [2.75, 3.05) is 13.1 Å². The number of nitrogens with one attached hydrogen (secondary N) is 2. The number of hydrogen-bond donors (Lipinski definition) is 2. The molecule has 2 N–H and O–H groups in total. The van der Waals surface area contributed by atoms with Crippen LogP contribution in [-0.4, -0.2) is 30.0 Å². The number of hydrogen-bond acceptors (Lipinski definition) is 4. The first-order valence-electron chi connectivity index (χ1n) is 8.16. The van der Waals surface area contributed by atoms with E-state index in [0.717, 1.165) is 50.7 Å². The average molecular weight is 317 g/mol. The number of aryl methyl sites for hydroxylation is 1. The number of amides is 1. The molecular formula is C17H23N3OS. The number of para-hydroxylation sites is 1. The number of carbonyl (C=O) groups excluding carboxylic acids is 1. The average Bonchev–Trinajstić information content (AvgIpc) is 2.95. The van der Waals surface area contributed by atoms with E-state index in [2.05, 4.69) is 33.8 Å². The smallest absolute Gasteiger partial charge is 0.220 e. The highest BCUT2D eigenvalue weighted by atomic mass is 32.1. The molecule has 2 heterocycles. The Balaban J connectivity index is 1.36. The SMILES string of the molecule is O=C(CCCCc1nc2ccccc2s1)NC1CCNCC1. The standard InChI is InChI=1S/C17H23N3OS/c21-16(19-13-9-11-18-12-10-13)7-3-4-8-17-20-14-5-1-2-6-15(14)22-17/h1-2,5-6,13,18H,3-4,7-12H2,(H,19,21). The van der Waals surface area contributed by atoms with Crippen LogP contribution in [0.1, 0.15) is 37.1 Å². The fourth-order valence-electron chi connectivity index (χ4n) is 2.85. The summed E-state index contributed by atoms with van der Waals surface area (Å²) in [5.41, 5.74) is 1.09. The number of benzene rings is 1. The van der Waals surface area contributed by atoms with E-state index in [9.17, 15) is 4.79 Å². The van der Waals surface area contributed by atoms with Gasteiger partial charge in [0.05, 0.1) is 15.2 Å². The lowest BCUT2D eigenvalue weighted by Crippen LogP contribution is -2.42. The first-order valence-corrected chi connectivity index (χ1v) is 8.97. The van der Waals surface area contributed by atoms with Crippen molar-refractivity contribution in [1.82, 2.24) is 15.6 Å². The van der Waals surface area contributed by atoms with Gasteiger partial charge < -0.3 is 10.6 Å². The number of unbranched alkanes of at least 4 members (excludes halogenated alkanes) is 1. The van der Waals surface area contributed by atoms with E-state index in [-0.39, 0.29) is 5.91 Å². The highest BCUT2D eigenvalue weighted by Crippen LogP contribution is 2.22. The molecule has 0 spiro atoms. The quantitative estimate of drug-likeness (QED) is 0.806. The zero-order valence-corrected chi connectivity index (χ0v) is 13.6. The number of piperidine rings is 1. The summed E-state index contributed by atoms with van der Waals surface area (Å²) in [7, 11) is 0. The summed E-state index contributed by atoms with van der Waals surface area (Å²) in [4.78, 5) is 16.6. The molecule has 0 saturated carbocycles. The molecule has 1 fully saturated rings. The van der Waals surface area contributed by atoms with Gasteiger partial charge in [0.1, 0.15) is 0 Å². The summed E-state index contributed by atoms with van der Waals surface area (Å²) in [5, 5.41) is 7.64. The fourth-order valence-corrected chi connectivity index (χ4v) is 3.86. The first-order chi connectivity index (χ1) is 10.8. The van der Waals surface area contributed by atoms with E-state index in [1.54, 1.807) is 11.3 Å². The molecule has 1 aliphatic heterocycles. The molecule has 1 saturated heterocycles. The maximum absolute atomic E-state index is 11.9.